The van der Waals surface area contributed by atoms with Crippen LogP contribution in [0.4, 0.5) is 6.01 Å². The number of nitrogens with zero attached hydrogens (tertiary/aromatic N) is 15. The molecule has 0 spiro atoms. The third-order valence-corrected chi connectivity index (χ3v) is 27.2. The van der Waals surface area contributed by atoms with Crippen molar-refractivity contribution in [1.82, 2.24) is 81.4 Å². The third-order valence-electron chi connectivity index (χ3n) is 27.2. The van der Waals surface area contributed by atoms with Gasteiger partial charge in [-0.2, -0.15) is 24.9 Å². The maximum absolute atomic E-state index is 12.1. The number of aliphatic carboxylic acids is 2. The van der Waals surface area contributed by atoms with Crippen molar-refractivity contribution in [3.8, 4) is 0 Å². The Morgan fingerprint density at radius 1 is 0.475 bits per heavy atom. The van der Waals surface area contributed by atoms with Crippen LogP contribution in [0.2, 0.25) is 0 Å². The number of hydrogen-bond donors (Lipinski definition) is 4. The number of nitrogens with one attached hydrogen (secondary N) is 2. The number of aryl methyl sites for hydroxylation is 7. The molecule has 0 bridgehead atoms. The molecule has 3 aliphatic heterocycles. The number of ether oxygens (including phenoxy) is 1. The van der Waals surface area contributed by atoms with E-state index in [9.17, 15) is 29.1 Å². The molecule has 9 fully saturated rings. The van der Waals surface area contributed by atoms with Gasteiger partial charge in [0.05, 0.1) is 34.7 Å². The van der Waals surface area contributed by atoms with Crippen molar-refractivity contribution in [3.05, 3.63) is 87.7 Å². The van der Waals surface area contributed by atoms with E-state index in [1.807, 2.05) is 67.2 Å². The molecule has 4 N–H and O–H groups in total. The summed E-state index contributed by atoms with van der Waals surface area (Å²) in [4.78, 5) is 85.9. The second-order valence-electron chi connectivity index (χ2n) is 37.5. The Bertz CT molecular complexity index is 4240. The zero-order valence-electron chi connectivity index (χ0n) is 75.7. The van der Waals surface area contributed by atoms with Crippen molar-refractivity contribution >= 4 is 35.6 Å². The Kier molecular flexibility index (Phi) is 35.5. The molecule has 16 rings (SSSR count). The summed E-state index contributed by atoms with van der Waals surface area (Å²) < 4.78 is 42.0. The van der Waals surface area contributed by atoms with Crippen LogP contribution in [0.1, 0.15) is 340 Å². The molecule has 1 unspecified atom stereocenters. The molecule has 9 aliphatic rings. The van der Waals surface area contributed by atoms with Gasteiger partial charge < -0.3 is 71.9 Å². The number of Topliss-reactive ketones (excluding diaryl/α,β-unsaturated/α-hetero) is 1. The van der Waals surface area contributed by atoms with Crippen LogP contribution in [0.15, 0.2) is 43.8 Å². The van der Waals surface area contributed by atoms with Gasteiger partial charge in [0.15, 0.2) is 29.1 Å². The fourth-order valence-electron chi connectivity index (χ4n) is 18.2. The molecule has 0 aromatic carbocycles. The van der Waals surface area contributed by atoms with E-state index in [1.165, 1.54) is 63.5 Å². The molecule has 676 valence electrons. The zero-order chi connectivity index (χ0) is 87.8. The molecule has 2 amide bonds. The predicted octanol–water partition coefficient (Wildman–Crippen LogP) is 16.2. The second-order valence-corrected chi connectivity index (χ2v) is 37.5. The lowest BCUT2D eigenvalue weighted by Gasteiger charge is -2.45. The van der Waals surface area contributed by atoms with Gasteiger partial charge in [-0.25, -0.2) is 0 Å². The number of methoxy groups -OCH3 is 1. The zero-order valence-corrected chi connectivity index (χ0v) is 75.7. The van der Waals surface area contributed by atoms with E-state index in [4.69, 9.17) is 41.5 Å². The van der Waals surface area contributed by atoms with Gasteiger partial charge in [0.2, 0.25) is 35.4 Å². The van der Waals surface area contributed by atoms with Gasteiger partial charge in [-0.05, 0) is 253 Å². The second kappa shape index (κ2) is 45.3. The van der Waals surface area contributed by atoms with Crippen LogP contribution < -0.4 is 15.5 Å². The van der Waals surface area contributed by atoms with Crippen LogP contribution in [0.3, 0.4) is 0 Å². The van der Waals surface area contributed by atoms with Crippen LogP contribution in [0.5, 0.6) is 0 Å². The summed E-state index contributed by atoms with van der Waals surface area (Å²) >= 11 is 0. The Labute approximate surface area is 720 Å². The van der Waals surface area contributed by atoms with Gasteiger partial charge in [0.25, 0.3) is 0 Å². The van der Waals surface area contributed by atoms with Crippen LogP contribution in [-0.2, 0) is 34.1 Å². The van der Waals surface area contributed by atoms with Gasteiger partial charge in [0, 0.05) is 104 Å². The van der Waals surface area contributed by atoms with Crippen LogP contribution in [-0.4, -0.2) is 189 Å². The number of carboxylic acid groups (broad SMARTS) is 2. The summed E-state index contributed by atoms with van der Waals surface area (Å²) in [7, 11) is 1.69. The standard InChI is InChI=1S/C16H25N3O4.C16H24N2O2.C15H25N3O2.C13H21N3O2.C11H17NO.C10H16N2O.C9H13N3O3/c1-12-17-13(23-18-12)16(11-22-2)6-8-19(9-7-16)10-15(14(20)21)4-3-5-15;1-12-10-15(20-17-12)14-4-8-18(9-5-14)11-16(13(2)19)6-3-7-16;1-9(2)10(3)14(19)17-13-7-5-12(6-8-13)15-16-11(4)18-20-15;1-8(2)12(17)15-11-6-4-10(5-7-11)13-14-9(3)16-18-13;1-8-3-5-10(6-4-8)11-7-9(2)13-12-11;1-7-3-5-9(6-4-7)10-11-8(2)12-13-10;1-6-10-9(15-11-6)12-4-2-7(3-5-12)8(13)14/h3-11H2,1-2H3,(H,20,21);10,14H,3-9,11H2,1-2H3;9-10,12-13H,5-8H2,1-4H3,(H,17,19);8,10-11H,4-7H2,1-3H3,(H,15,17);7-8,10H,3-6H2,1-2H3;7,9H,3-6H2,1-2H3;7H,2-5H2,1H3,(H,13,14). The van der Waals surface area contributed by atoms with Gasteiger partial charge in [-0.15, -0.1) is 0 Å². The fraction of sp³-hybridized carbons (Fsp3) is 0.767. The van der Waals surface area contributed by atoms with E-state index in [2.05, 4.69) is 121 Å². The molecule has 0 radical (unpaired) electrons. The average Bonchev–Trinajstić information content (AvgIpc) is 1.14. The Morgan fingerprint density at radius 3 is 1.30 bits per heavy atom. The van der Waals surface area contributed by atoms with Gasteiger partial charge in [-0.1, -0.05) is 110 Å². The van der Waals surface area contributed by atoms with E-state index in [0.29, 0.717) is 128 Å². The number of carbonyl (C=O) groups is 5. The molecular formula is C90H141N17O15. The first-order chi connectivity index (χ1) is 58.3. The number of hydrogen-bond acceptors (Lipinski definition) is 28. The highest BCUT2D eigenvalue weighted by Crippen LogP contribution is 2.46. The highest BCUT2D eigenvalue weighted by atomic mass is 16.5. The average molecular weight is 1700 g/mol. The van der Waals surface area contributed by atoms with E-state index >= 15 is 0 Å². The van der Waals surface area contributed by atoms with Crippen molar-refractivity contribution in [2.45, 2.75) is 331 Å². The van der Waals surface area contributed by atoms with Crippen molar-refractivity contribution in [2.75, 3.05) is 71.0 Å². The van der Waals surface area contributed by atoms with Crippen LogP contribution in [0, 0.1) is 94.8 Å². The maximum atomic E-state index is 12.1. The van der Waals surface area contributed by atoms with Gasteiger partial charge in [-0.3, -0.25) is 24.0 Å². The van der Waals surface area contributed by atoms with Gasteiger partial charge in [0.1, 0.15) is 17.3 Å². The first kappa shape index (κ1) is 95.6. The molecule has 6 aliphatic carbocycles. The first-order valence-corrected chi connectivity index (χ1v) is 45.4. The number of piperidine rings is 3. The number of rotatable bonds is 21. The summed E-state index contributed by atoms with van der Waals surface area (Å²) in [6.07, 6.45) is 29.4. The minimum Gasteiger partial charge on any atom is -0.481 e. The predicted molar refractivity (Wildman–Crippen MR) is 455 cm³/mol. The molecule has 3 saturated heterocycles. The molecular weight excluding hydrogens is 1560 g/mol. The Balaban J connectivity index is 0.000000150. The largest absolute Gasteiger partial charge is 0.481 e. The van der Waals surface area contributed by atoms with E-state index < -0.39 is 17.4 Å². The highest BCUT2D eigenvalue weighted by Gasteiger charge is 2.49. The third kappa shape index (κ3) is 27.4. The maximum Gasteiger partial charge on any atom is 0.324 e. The Morgan fingerprint density at radius 2 is 0.926 bits per heavy atom. The number of likely N-dealkylation sites (tertiary alicyclic amines) is 2. The summed E-state index contributed by atoms with van der Waals surface area (Å²) in [5.74, 6) is 12.2. The fourth-order valence-corrected chi connectivity index (χ4v) is 18.2. The molecule has 7 aromatic rings. The summed E-state index contributed by atoms with van der Waals surface area (Å²) in [6.45, 7) is 36.8. The molecule has 32 nitrogen and oxygen atoms in total. The van der Waals surface area contributed by atoms with E-state index in [-0.39, 0.29) is 40.4 Å². The first-order valence-electron chi connectivity index (χ1n) is 45.4. The number of carbonyl (C=O) groups excluding carboxylic acids is 3. The molecule has 1 atom stereocenters. The SMILES string of the molecule is CC(=O)C1(CN2CCC(c3cc(C)no3)CC2)CCC1.COCC1(c2nc(C)no2)CCN(CC2(C(=O)O)CCC2)CC1.Cc1cc(C2CCC(C)CC2)no1.Cc1noc(C2CCC(C)CC2)n1.Cc1noc(C2CCC(NC(=O)C(C)C(C)C)CC2)n1.Cc1noc(C2CCC(NC(=O)C(C)C)CC2)n1.Cc1noc(N2CCC(C(=O)O)CC2)n1. The highest BCUT2D eigenvalue weighted by molar-refractivity contribution is 5.83. The lowest BCUT2D eigenvalue weighted by molar-refractivity contribution is -0.156. The number of amides is 2. The topological polar surface area (TPSA) is 415 Å². The molecule has 10 heterocycles. The molecule has 7 aromatic heterocycles. The minimum atomic E-state index is -0.712. The van der Waals surface area contributed by atoms with E-state index in [1.54, 1.807) is 21.0 Å². The summed E-state index contributed by atoms with van der Waals surface area (Å²) in [6, 6.07) is 5.24. The van der Waals surface area contributed by atoms with E-state index in [0.717, 1.165) is 194 Å². The van der Waals surface area contributed by atoms with Crippen LogP contribution >= 0.6 is 0 Å². The summed E-state index contributed by atoms with van der Waals surface area (Å²) in [5, 5.41) is 51.8. The van der Waals surface area contributed by atoms with Crippen molar-refractivity contribution < 1.29 is 70.6 Å². The van der Waals surface area contributed by atoms with Crippen molar-refractivity contribution in [2.24, 2.45) is 46.3 Å². The smallest absolute Gasteiger partial charge is 0.324 e. The van der Waals surface area contributed by atoms with Crippen LogP contribution in [0.25, 0.3) is 0 Å². The number of anilines is 1. The minimum absolute atomic E-state index is 0.0182. The molecule has 32 heteroatoms. The number of ketones is 1. The molecule has 122 heavy (non-hydrogen) atoms. The molecule has 6 saturated carbocycles. The van der Waals surface area contributed by atoms with Crippen molar-refractivity contribution in [3.63, 3.8) is 0 Å². The lowest BCUT2D eigenvalue weighted by atomic mass is 9.66. The summed E-state index contributed by atoms with van der Waals surface area (Å²) in [5.41, 5.74) is 1.34. The lowest BCUT2D eigenvalue weighted by Crippen LogP contribution is -2.52. The Hall–Kier alpha value is -8.65. The number of aromatic nitrogens is 12. The van der Waals surface area contributed by atoms with Crippen molar-refractivity contribution in [1.29, 1.82) is 0 Å². The quantitative estimate of drug-likeness (QED) is 0.0519. The monoisotopic (exact) mass is 1700 g/mol. The van der Waals surface area contributed by atoms with Gasteiger partial charge >= 0.3 is 18.0 Å². The normalized spacial score (nSPS) is 24.3. The number of carboxylic acids is 2.